The van der Waals surface area contributed by atoms with Gasteiger partial charge in [0.2, 0.25) is 0 Å². The van der Waals surface area contributed by atoms with Gasteiger partial charge in [0.25, 0.3) is 0 Å². The third kappa shape index (κ3) is 3.64. The van der Waals surface area contributed by atoms with E-state index in [1.54, 1.807) is 0 Å². The van der Waals surface area contributed by atoms with Crippen molar-refractivity contribution < 1.29 is 0 Å². The van der Waals surface area contributed by atoms with Crippen LogP contribution in [0.1, 0.15) is 27.7 Å². The minimum Gasteiger partial charge on any atom is -0.105 e. The van der Waals surface area contributed by atoms with Crippen LogP contribution in [-0.2, 0) is 0 Å². The molecule has 1 atom stereocenters. The second-order valence-corrected chi connectivity index (χ2v) is 4.36. The smallest absolute Gasteiger partial charge is 0.0182 e. The molecule has 0 aliphatic carbocycles. The average Bonchev–Trinajstić information content (AvgIpc) is 2.15. The molecule has 0 rings (SSSR count). The highest BCUT2D eigenvalue weighted by molar-refractivity contribution is 7.23. The van der Waals surface area contributed by atoms with Crippen LogP contribution in [0.3, 0.4) is 0 Å². The molecule has 0 N–H and O–H groups in total. The largest absolute Gasteiger partial charge is 0.105 e. The predicted octanol–water partition coefficient (Wildman–Crippen LogP) is 4.79. The molecule has 0 aromatic heterocycles. The minimum absolute atomic E-state index is 1.01. The van der Waals surface area contributed by atoms with E-state index >= 15 is 0 Å². The third-order valence-corrected chi connectivity index (χ3v) is 3.22. The fraction of sp³-hybridized carbons (Fsp3) is 0.286. The van der Waals surface area contributed by atoms with Crippen molar-refractivity contribution in [3.05, 3.63) is 59.0 Å². The molecule has 82 valence electrons. The van der Waals surface area contributed by atoms with Crippen LogP contribution in [0.5, 0.6) is 0 Å². The van der Waals surface area contributed by atoms with E-state index in [2.05, 4.69) is 35.9 Å². The van der Waals surface area contributed by atoms with Gasteiger partial charge in [-0.15, -0.1) is 9.24 Å². The summed E-state index contributed by atoms with van der Waals surface area (Å²) in [4.78, 5) is 0. The van der Waals surface area contributed by atoms with Crippen LogP contribution >= 0.6 is 9.24 Å². The van der Waals surface area contributed by atoms with Gasteiger partial charge in [0.15, 0.2) is 0 Å². The van der Waals surface area contributed by atoms with Crippen LogP contribution < -0.4 is 0 Å². The van der Waals surface area contributed by atoms with Crippen molar-refractivity contribution in [2.45, 2.75) is 27.7 Å². The van der Waals surface area contributed by atoms with Crippen LogP contribution in [0.15, 0.2) is 59.0 Å². The molecule has 0 aromatic carbocycles. The summed E-state index contributed by atoms with van der Waals surface area (Å²) in [5, 5.41) is 1.11. The quantitative estimate of drug-likeness (QED) is 0.472. The normalized spacial score (nSPS) is 13.3. The number of allylic oxidation sites excluding steroid dienone is 7. The first kappa shape index (κ1) is 14.1. The second-order valence-electron chi connectivity index (χ2n) is 3.78. The summed E-state index contributed by atoms with van der Waals surface area (Å²) in [6.07, 6.45) is 2.04. The molecule has 15 heavy (non-hydrogen) atoms. The molecule has 1 unspecified atom stereocenters. The Kier molecular flexibility index (Phi) is 5.54. The number of hydrogen-bond donors (Lipinski definition) is 0. The van der Waals surface area contributed by atoms with E-state index in [0.29, 0.717) is 0 Å². The van der Waals surface area contributed by atoms with Crippen LogP contribution in [0.2, 0.25) is 0 Å². The van der Waals surface area contributed by atoms with Crippen molar-refractivity contribution in [2.24, 2.45) is 0 Å². The third-order valence-electron chi connectivity index (χ3n) is 2.44. The SMILES string of the molecule is C=C(C)/C(=C/C)C(=C)/C(P)=C(\C)C(=C)C. The molecule has 0 spiro atoms. The lowest BCUT2D eigenvalue weighted by molar-refractivity contribution is 1.30. The predicted molar refractivity (Wildman–Crippen MR) is 74.9 cm³/mol. The lowest BCUT2D eigenvalue weighted by Crippen LogP contribution is -1.93. The molecule has 0 saturated carbocycles. The Bertz CT molecular complexity index is 365. The van der Waals surface area contributed by atoms with Crippen molar-refractivity contribution in [1.29, 1.82) is 0 Å². The molecule has 0 saturated heterocycles. The molecule has 0 nitrogen and oxygen atoms in total. The molecule has 0 fully saturated rings. The van der Waals surface area contributed by atoms with E-state index < -0.39 is 0 Å². The van der Waals surface area contributed by atoms with Gasteiger partial charge in [0, 0.05) is 0 Å². The molecule has 0 radical (unpaired) electrons. The molecule has 0 bridgehead atoms. The molecule has 0 aliphatic rings. The molecule has 0 aliphatic heterocycles. The Morgan fingerprint density at radius 3 is 1.73 bits per heavy atom. The lowest BCUT2D eigenvalue weighted by Gasteiger charge is -2.14. The van der Waals surface area contributed by atoms with E-state index in [9.17, 15) is 0 Å². The Morgan fingerprint density at radius 1 is 1.00 bits per heavy atom. The van der Waals surface area contributed by atoms with Gasteiger partial charge in [-0.25, -0.2) is 0 Å². The number of rotatable bonds is 4. The summed E-state index contributed by atoms with van der Waals surface area (Å²) in [6, 6.07) is 0. The summed E-state index contributed by atoms with van der Waals surface area (Å²) in [5.41, 5.74) is 5.40. The number of hydrogen-bond acceptors (Lipinski definition) is 0. The summed E-state index contributed by atoms with van der Waals surface area (Å²) < 4.78 is 0. The standard InChI is InChI=1S/C14H21P/c1-8-13(10(4)5)12(7)14(15)11(6)9(2)3/h8H,2,4,7,15H2,1,3,5-6H3/b13-8-,14-11-. The van der Waals surface area contributed by atoms with Gasteiger partial charge in [-0.2, -0.15) is 0 Å². The van der Waals surface area contributed by atoms with Crippen molar-refractivity contribution in [3.8, 4) is 0 Å². The van der Waals surface area contributed by atoms with Gasteiger partial charge in [-0.1, -0.05) is 37.0 Å². The van der Waals surface area contributed by atoms with Crippen LogP contribution in [0, 0.1) is 0 Å². The Balaban J connectivity index is 5.29. The maximum Gasteiger partial charge on any atom is -0.0182 e. The Hall–Kier alpha value is -0.870. The zero-order valence-electron chi connectivity index (χ0n) is 10.3. The van der Waals surface area contributed by atoms with Crippen molar-refractivity contribution in [3.63, 3.8) is 0 Å². The van der Waals surface area contributed by atoms with E-state index in [1.807, 2.05) is 26.8 Å². The van der Waals surface area contributed by atoms with Crippen molar-refractivity contribution in [2.75, 3.05) is 0 Å². The van der Waals surface area contributed by atoms with Crippen LogP contribution in [-0.4, -0.2) is 0 Å². The first-order valence-corrected chi connectivity index (χ1v) is 5.54. The Morgan fingerprint density at radius 2 is 1.47 bits per heavy atom. The highest BCUT2D eigenvalue weighted by Crippen LogP contribution is 2.31. The summed E-state index contributed by atoms with van der Waals surface area (Å²) in [5.74, 6) is 0. The molecular weight excluding hydrogens is 199 g/mol. The zero-order valence-corrected chi connectivity index (χ0v) is 11.4. The van der Waals surface area contributed by atoms with Crippen LogP contribution in [0.25, 0.3) is 0 Å². The topological polar surface area (TPSA) is 0 Å². The molecule has 0 amide bonds. The van der Waals surface area contributed by atoms with E-state index in [0.717, 1.165) is 27.6 Å². The monoisotopic (exact) mass is 220 g/mol. The lowest BCUT2D eigenvalue weighted by atomic mass is 9.97. The minimum atomic E-state index is 1.01. The van der Waals surface area contributed by atoms with E-state index in [1.165, 1.54) is 5.57 Å². The average molecular weight is 220 g/mol. The fourth-order valence-electron chi connectivity index (χ4n) is 1.28. The second kappa shape index (κ2) is 5.88. The van der Waals surface area contributed by atoms with Crippen molar-refractivity contribution in [1.82, 2.24) is 0 Å². The summed E-state index contributed by atoms with van der Waals surface area (Å²) in [6.45, 7) is 20.0. The molecule has 1 heteroatoms. The first-order valence-electron chi connectivity index (χ1n) is 4.97. The highest BCUT2D eigenvalue weighted by atomic mass is 31.0. The van der Waals surface area contributed by atoms with E-state index in [4.69, 9.17) is 0 Å². The van der Waals surface area contributed by atoms with E-state index in [-0.39, 0.29) is 0 Å². The summed E-state index contributed by atoms with van der Waals surface area (Å²) >= 11 is 0. The van der Waals surface area contributed by atoms with Gasteiger partial charge < -0.3 is 0 Å². The van der Waals surface area contributed by atoms with Crippen LogP contribution in [0.4, 0.5) is 0 Å². The van der Waals surface area contributed by atoms with Gasteiger partial charge in [0.1, 0.15) is 0 Å². The fourth-order valence-corrected chi connectivity index (χ4v) is 1.68. The zero-order chi connectivity index (χ0) is 12.2. The molecular formula is C14H21P. The maximum absolute atomic E-state index is 4.10. The van der Waals surface area contributed by atoms with Gasteiger partial charge in [0.05, 0.1) is 0 Å². The summed E-state index contributed by atoms with van der Waals surface area (Å²) in [7, 11) is 2.74. The highest BCUT2D eigenvalue weighted by Gasteiger charge is 2.07. The van der Waals surface area contributed by atoms with Gasteiger partial charge in [-0.3, -0.25) is 0 Å². The molecule has 0 heterocycles. The van der Waals surface area contributed by atoms with Gasteiger partial charge in [-0.05, 0) is 49.7 Å². The maximum atomic E-state index is 4.10. The van der Waals surface area contributed by atoms with Crippen molar-refractivity contribution >= 4 is 9.24 Å². The first-order chi connectivity index (χ1) is 6.82. The molecule has 0 aromatic rings. The Labute approximate surface area is 96.4 Å². The van der Waals surface area contributed by atoms with Gasteiger partial charge >= 0.3 is 0 Å².